The number of aromatic nitrogens is 2. The fourth-order valence-electron chi connectivity index (χ4n) is 3.55. The van der Waals surface area contributed by atoms with E-state index < -0.39 is 0 Å². The van der Waals surface area contributed by atoms with Crippen LogP contribution in [0.5, 0.6) is 0 Å². The molecule has 2 aromatic heterocycles. The second-order valence-corrected chi connectivity index (χ2v) is 6.69. The molecule has 2 aromatic carbocycles. The number of hydrogen-bond acceptors (Lipinski definition) is 3. The lowest BCUT2D eigenvalue weighted by atomic mass is 10.1. The summed E-state index contributed by atoms with van der Waals surface area (Å²) in [5.41, 5.74) is 5.64. The number of rotatable bonds is 2. The standard InChI is InChI=1S/C22H19N3O/c1-25-13-21-20(14-26-25)18-10-8-16-12-23-17(11-19(16)22(18)24-21)9-7-15-5-3-2-4-6-15/h2-12,23H,13-14H2,1H3/b9-7+. The molecule has 1 aliphatic rings. The van der Waals surface area contributed by atoms with Crippen molar-refractivity contribution in [3.05, 3.63) is 77.2 Å². The number of aromatic amines is 1. The molecule has 4 aromatic rings. The van der Waals surface area contributed by atoms with Crippen molar-refractivity contribution in [2.45, 2.75) is 13.2 Å². The Bertz CT molecular complexity index is 1130. The summed E-state index contributed by atoms with van der Waals surface area (Å²) in [5, 5.41) is 5.38. The molecular formula is C22H19N3O. The van der Waals surface area contributed by atoms with Crippen molar-refractivity contribution >= 4 is 33.8 Å². The van der Waals surface area contributed by atoms with Crippen LogP contribution in [0.25, 0.3) is 33.8 Å². The summed E-state index contributed by atoms with van der Waals surface area (Å²) in [7, 11) is 1.95. The van der Waals surface area contributed by atoms with Crippen LogP contribution in [0.15, 0.2) is 54.7 Å². The Hall–Kier alpha value is -2.95. The van der Waals surface area contributed by atoms with E-state index >= 15 is 0 Å². The van der Waals surface area contributed by atoms with Crippen molar-refractivity contribution in [3.8, 4) is 0 Å². The molecule has 0 atom stereocenters. The highest BCUT2D eigenvalue weighted by Crippen LogP contribution is 2.32. The van der Waals surface area contributed by atoms with E-state index in [1.807, 2.05) is 30.3 Å². The molecule has 0 saturated carbocycles. The number of pyridine rings is 1. The van der Waals surface area contributed by atoms with Gasteiger partial charge in [-0.25, -0.2) is 0 Å². The van der Waals surface area contributed by atoms with Crippen LogP contribution in [0.1, 0.15) is 22.5 Å². The zero-order valence-electron chi connectivity index (χ0n) is 14.6. The molecule has 0 saturated heterocycles. The fraction of sp³-hybridized carbons (Fsp3) is 0.136. The average Bonchev–Trinajstić information content (AvgIpc) is 3.05. The molecule has 0 bridgehead atoms. The predicted molar refractivity (Wildman–Crippen MR) is 105 cm³/mol. The number of H-pyrrole nitrogens is 1. The van der Waals surface area contributed by atoms with Crippen molar-refractivity contribution in [1.82, 2.24) is 15.0 Å². The zero-order chi connectivity index (χ0) is 17.5. The third kappa shape index (κ3) is 2.60. The van der Waals surface area contributed by atoms with Crippen molar-refractivity contribution in [2.75, 3.05) is 7.05 Å². The van der Waals surface area contributed by atoms with Gasteiger partial charge in [-0.15, -0.1) is 0 Å². The van der Waals surface area contributed by atoms with Gasteiger partial charge in [-0.05, 0) is 23.1 Å². The van der Waals surface area contributed by atoms with Crippen LogP contribution in [-0.4, -0.2) is 22.1 Å². The van der Waals surface area contributed by atoms with Gasteiger partial charge in [0.05, 0.1) is 24.4 Å². The number of fused-ring (bicyclic) bond motifs is 5. The first-order chi connectivity index (χ1) is 12.8. The van der Waals surface area contributed by atoms with Gasteiger partial charge in [0, 0.05) is 35.3 Å². The molecule has 4 nitrogen and oxygen atoms in total. The molecule has 0 unspecified atom stereocenters. The minimum atomic E-state index is 0.591. The monoisotopic (exact) mass is 341 g/mol. The molecule has 5 rings (SSSR count). The molecule has 0 fully saturated rings. The number of hydrogen-bond donors (Lipinski definition) is 1. The first kappa shape index (κ1) is 15.3. The van der Waals surface area contributed by atoms with Gasteiger partial charge in [0.1, 0.15) is 0 Å². The average molecular weight is 341 g/mol. The molecule has 0 spiro atoms. The maximum Gasteiger partial charge on any atom is 0.0960 e. The maximum absolute atomic E-state index is 5.67. The van der Waals surface area contributed by atoms with Crippen LogP contribution in [0.3, 0.4) is 0 Å². The van der Waals surface area contributed by atoms with Crippen LogP contribution < -0.4 is 0 Å². The molecular weight excluding hydrogens is 322 g/mol. The van der Waals surface area contributed by atoms with Crippen molar-refractivity contribution in [3.63, 3.8) is 0 Å². The first-order valence-electron chi connectivity index (χ1n) is 8.78. The number of nitrogens with zero attached hydrogens (tertiary/aromatic N) is 2. The molecule has 1 aliphatic heterocycles. The lowest BCUT2D eigenvalue weighted by molar-refractivity contribution is -0.168. The third-order valence-corrected chi connectivity index (χ3v) is 4.92. The Morgan fingerprint density at radius 2 is 1.96 bits per heavy atom. The fourth-order valence-corrected chi connectivity index (χ4v) is 3.55. The van der Waals surface area contributed by atoms with E-state index in [4.69, 9.17) is 9.82 Å². The molecule has 3 heterocycles. The van der Waals surface area contributed by atoms with Gasteiger partial charge in [0.25, 0.3) is 0 Å². The summed E-state index contributed by atoms with van der Waals surface area (Å²) in [4.78, 5) is 14.0. The Morgan fingerprint density at radius 3 is 2.85 bits per heavy atom. The normalized spacial score (nSPS) is 15.1. The Balaban J connectivity index is 1.62. The van der Waals surface area contributed by atoms with Gasteiger partial charge in [-0.1, -0.05) is 48.5 Å². The second-order valence-electron chi connectivity index (χ2n) is 6.69. The van der Waals surface area contributed by atoms with Gasteiger partial charge >= 0.3 is 0 Å². The van der Waals surface area contributed by atoms with Crippen LogP contribution in [0.4, 0.5) is 0 Å². The lowest BCUT2D eigenvalue weighted by Crippen LogP contribution is -2.23. The van der Waals surface area contributed by atoms with Gasteiger partial charge < -0.3 is 4.98 Å². The number of benzene rings is 2. The van der Waals surface area contributed by atoms with Crippen LogP contribution >= 0.6 is 0 Å². The minimum Gasteiger partial charge on any atom is -0.361 e. The number of nitrogens with one attached hydrogen (secondary N) is 1. The molecule has 26 heavy (non-hydrogen) atoms. The maximum atomic E-state index is 5.67. The van der Waals surface area contributed by atoms with Gasteiger partial charge in [0.2, 0.25) is 0 Å². The van der Waals surface area contributed by atoms with Crippen molar-refractivity contribution in [2.24, 2.45) is 0 Å². The largest absolute Gasteiger partial charge is 0.361 e. The van der Waals surface area contributed by atoms with E-state index in [0.29, 0.717) is 6.61 Å². The molecule has 4 heteroatoms. The Labute approximate surface area is 151 Å². The first-order valence-corrected chi connectivity index (χ1v) is 8.78. The van der Waals surface area contributed by atoms with E-state index in [-0.39, 0.29) is 0 Å². The summed E-state index contributed by atoms with van der Waals surface area (Å²) in [6.45, 7) is 1.32. The summed E-state index contributed by atoms with van der Waals surface area (Å²) >= 11 is 0. The summed E-state index contributed by atoms with van der Waals surface area (Å²) in [6.07, 6.45) is 6.27. The molecule has 0 amide bonds. The minimum absolute atomic E-state index is 0.591. The SMILES string of the molecule is CN1Cc2nc3c(ccc4c[nH]c(/C=C/c5ccccc5)cc43)c2CO1. The molecule has 1 N–H and O–H groups in total. The zero-order valence-corrected chi connectivity index (χ0v) is 14.6. The smallest absolute Gasteiger partial charge is 0.0960 e. The number of hydroxylamine groups is 2. The topological polar surface area (TPSA) is 41.2 Å². The quantitative estimate of drug-likeness (QED) is 0.571. The van der Waals surface area contributed by atoms with Crippen molar-refractivity contribution < 1.29 is 4.84 Å². The van der Waals surface area contributed by atoms with Gasteiger partial charge in [-0.2, -0.15) is 5.06 Å². The van der Waals surface area contributed by atoms with Crippen LogP contribution in [-0.2, 0) is 18.0 Å². The van der Waals surface area contributed by atoms with E-state index in [2.05, 4.69) is 53.7 Å². The van der Waals surface area contributed by atoms with Gasteiger partial charge in [0.15, 0.2) is 0 Å². The molecule has 0 radical (unpaired) electrons. The Morgan fingerprint density at radius 1 is 1.08 bits per heavy atom. The molecule has 128 valence electrons. The van der Waals surface area contributed by atoms with E-state index in [9.17, 15) is 0 Å². The summed E-state index contributed by atoms with van der Waals surface area (Å²) < 4.78 is 0. The third-order valence-electron chi connectivity index (χ3n) is 4.92. The van der Waals surface area contributed by atoms with Gasteiger partial charge in [-0.3, -0.25) is 9.82 Å². The van der Waals surface area contributed by atoms with Crippen LogP contribution in [0, 0.1) is 0 Å². The van der Waals surface area contributed by atoms with E-state index in [0.717, 1.165) is 23.4 Å². The second kappa shape index (κ2) is 6.09. The highest BCUT2D eigenvalue weighted by molar-refractivity contribution is 6.07. The molecule has 0 aliphatic carbocycles. The predicted octanol–water partition coefficient (Wildman–Crippen LogP) is 4.76. The highest BCUT2D eigenvalue weighted by atomic mass is 16.7. The van der Waals surface area contributed by atoms with Crippen molar-refractivity contribution in [1.29, 1.82) is 0 Å². The Kier molecular flexibility index (Phi) is 3.59. The summed E-state index contributed by atoms with van der Waals surface area (Å²) in [6, 6.07) is 16.8. The van der Waals surface area contributed by atoms with Crippen LogP contribution in [0.2, 0.25) is 0 Å². The highest BCUT2D eigenvalue weighted by Gasteiger charge is 2.21. The summed E-state index contributed by atoms with van der Waals surface area (Å²) in [5.74, 6) is 0. The van der Waals surface area contributed by atoms with E-state index in [1.54, 1.807) is 0 Å². The van der Waals surface area contributed by atoms with E-state index in [1.165, 1.54) is 27.3 Å². The lowest BCUT2D eigenvalue weighted by Gasteiger charge is -2.21.